The van der Waals surface area contributed by atoms with Crippen molar-refractivity contribution in [3.05, 3.63) is 18.0 Å². The van der Waals surface area contributed by atoms with E-state index in [1.54, 1.807) is 17.2 Å². The predicted octanol–water partition coefficient (Wildman–Crippen LogP) is 1.82. The van der Waals surface area contributed by atoms with Crippen LogP contribution >= 0.6 is 0 Å². The van der Waals surface area contributed by atoms with E-state index in [0.29, 0.717) is 24.3 Å². The summed E-state index contributed by atoms with van der Waals surface area (Å²) >= 11 is 0. The molecule has 1 aromatic heterocycles. The van der Waals surface area contributed by atoms with Crippen LogP contribution in [0.15, 0.2) is 12.3 Å². The number of piperidine rings is 1. The van der Waals surface area contributed by atoms with Gasteiger partial charge in [0, 0.05) is 18.8 Å². The van der Waals surface area contributed by atoms with Crippen LogP contribution in [-0.4, -0.2) is 41.0 Å². The Kier molecular flexibility index (Phi) is 4.55. The Bertz CT molecular complexity index is 536. The second-order valence-electron chi connectivity index (χ2n) is 5.69. The molecule has 6 nitrogen and oxygen atoms in total. The van der Waals surface area contributed by atoms with Crippen molar-refractivity contribution in [2.24, 2.45) is 0 Å². The molecular formula is C15H23N3O3. The number of ether oxygens (including phenoxy) is 1. The molecule has 1 aliphatic heterocycles. The lowest BCUT2D eigenvalue weighted by Crippen LogP contribution is -2.49. The molecule has 0 radical (unpaired) electrons. The minimum Gasteiger partial charge on any atom is -0.467 e. The van der Waals surface area contributed by atoms with Gasteiger partial charge in [-0.3, -0.25) is 4.79 Å². The van der Waals surface area contributed by atoms with Gasteiger partial charge in [0.05, 0.1) is 12.8 Å². The van der Waals surface area contributed by atoms with Crippen molar-refractivity contribution in [2.45, 2.75) is 45.2 Å². The molecule has 2 N–H and O–H groups in total. The lowest BCUT2D eigenvalue weighted by molar-refractivity contribution is -0.147. The molecule has 1 aliphatic rings. The first-order valence-electron chi connectivity index (χ1n) is 7.31. The Morgan fingerprint density at radius 3 is 2.71 bits per heavy atom. The second kappa shape index (κ2) is 6.20. The molecule has 116 valence electrons. The minimum atomic E-state index is -0.493. The largest absolute Gasteiger partial charge is 0.467 e. The van der Waals surface area contributed by atoms with Crippen molar-refractivity contribution in [3.8, 4) is 0 Å². The van der Waals surface area contributed by atoms with Crippen LogP contribution in [-0.2, 0) is 9.53 Å². The zero-order valence-corrected chi connectivity index (χ0v) is 12.8. The molecule has 1 unspecified atom stereocenters. The Labute approximate surface area is 124 Å². The topological polar surface area (TPSA) is 77.6 Å². The van der Waals surface area contributed by atoms with Gasteiger partial charge in [0.15, 0.2) is 0 Å². The van der Waals surface area contributed by atoms with Crippen molar-refractivity contribution in [1.29, 1.82) is 0 Å². The first kappa shape index (κ1) is 15.4. The van der Waals surface area contributed by atoms with Crippen molar-refractivity contribution < 1.29 is 14.3 Å². The zero-order chi connectivity index (χ0) is 15.6. The van der Waals surface area contributed by atoms with Gasteiger partial charge >= 0.3 is 5.97 Å². The summed E-state index contributed by atoms with van der Waals surface area (Å²) in [5.74, 6) is -0.505. The van der Waals surface area contributed by atoms with E-state index in [4.69, 9.17) is 10.5 Å². The van der Waals surface area contributed by atoms with Crippen molar-refractivity contribution >= 4 is 17.6 Å². The van der Waals surface area contributed by atoms with Gasteiger partial charge in [-0.05, 0) is 39.2 Å². The van der Waals surface area contributed by atoms with E-state index in [2.05, 4.69) is 0 Å². The molecule has 2 heterocycles. The number of carbonyl (C=O) groups is 2. The SMILES string of the molecule is COC(=O)C1CCCCN1C(=O)c1cc(N)cn1C(C)C. The minimum absolute atomic E-state index is 0.127. The van der Waals surface area contributed by atoms with E-state index in [1.807, 2.05) is 18.4 Å². The van der Waals surface area contributed by atoms with E-state index >= 15 is 0 Å². The zero-order valence-electron chi connectivity index (χ0n) is 12.8. The van der Waals surface area contributed by atoms with Gasteiger partial charge in [-0.15, -0.1) is 0 Å². The van der Waals surface area contributed by atoms with Crippen LogP contribution in [0.2, 0.25) is 0 Å². The van der Waals surface area contributed by atoms with E-state index in [0.717, 1.165) is 12.8 Å². The maximum atomic E-state index is 12.8. The third kappa shape index (κ3) is 3.04. The molecule has 0 bridgehead atoms. The summed E-state index contributed by atoms with van der Waals surface area (Å²) in [6.45, 7) is 4.55. The maximum absolute atomic E-state index is 12.8. The quantitative estimate of drug-likeness (QED) is 0.862. The predicted molar refractivity (Wildman–Crippen MR) is 79.9 cm³/mol. The number of methoxy groups -OCH3 is 1. The molecule has 2 rings (SSSR count). The lowest BCUT2D eigenvalue weighted by Gasteiger charge is -2.34. The van der Waals surface area contributed by atoms with E-state index in [9.17, 15) is 9.59 Å². The Hall–Kier alpha value is -1.98. The van der Waals surface area contributed by atoms with Gasteiger partial charge in [0.1, 0.15) is 11.7 Å². The fourth-order valence-corrected chi connectivity index (χ4v) is 2.80. The number of rotatable bonds is 3. The molecule has 1 saturated heterocycles. The summed E-state index contributed by atoms with van der Waals surface area (Å²) in [6.07, 6.45) is 4.24. The Morgan fingerprint density at radius 1 is 1.38 bits per heavy atom. The highest BCUT2D eigenvalue weighted by atomic mass is 16.5. The van der Waals surface area contributed by atoms with E-state index in [1.165, 1.54) is 7.11 Å². The molecular weight excluding hydrogens is 270 g/mol. The molecule has 1 fully saturated rings. The number of carbonyl (C=O) groups excluding carboxylic acids is 2. The third-order valence-electron chi connectivity index (χ3n) is 3.88. The number of anilines is 1. The first-order valence-corrected chi connectivity index (χ1v) is 7.31. The van der Waals surface area contributed by atoms with Crippen LogP contribution in [0.25, 0.3) is 0 Å². The molecule has 0 spiro atoms. The third-order valence-corrected chi connectivity index (χ3v) is 3.88. The molecule has 0 saturated carbocycles. The normalized spacial score (nSPS) is 18.9. The van der Waals surface area contributed by atoms with Crippen molar-refractivity contribution in [1.82, 2.24) is 9.47 Å². The number of aromatic nitrogens is 1. The highest BCUT2D eigenvalue weighted by Gasteiger charge is 2.34. The average Bonchev–Trinajstić information content (AvgIpc) is 2.88. The van der Waals surface area contributed by atoms with Crippen LogP contribution in [0.4, 0.5) is 5.69 Å². The van der Waals surface area contributed by atoms with Crippen LogP contribution in [0.3, 0.4) is 0 Å². The lowest BCUT2D eigenvalue weighted by atomic mass is 10.0. The summed E-state index contributed by atoms with van der Waals surface area (Å²) in [5.41, 5.74) is 6.90. The van der Waals surface area contributed by atoms with E-state index in [-0.39, 0.29) is 17.9 Å². The molecule has 1 atom stereocenters. The maximum Gasteiger partial charge on any atom is 0.328 e. The van der Waals surface area contributed by atoms with Gasteiger partial charge in [0.25, 0.3) is 5.91 Å². The molecule has 1 amide bonds. The summed E-state index contributed by atoms with van der Waals surface area (Å²) < 4.78 is 6.67. The van der Waals surface area contributed by atoms with Crippen molar-refractivity contribution in [3.63, 3.8) is 0 Å². The van der Waals surface area contributed by atoms with Crippen LogP contribution in [0.5, 0.6) is 0 Å². The number of esters is 1. The molecule has 21 heavy (non-hydrogen) atoms. The number of amides is 1. The number of hydrogen-bond donors (Lipinski definition) is 1. The highest BCUT2D eigenvalue weighted by molar-refractivity contribution is 5.96. The van der Waals surface area contributed by atoms with Crippen molar-refractivity contribution in [2.75, 3.05) is 19.4 Å². The average molecular weight is 293 g/mol. The standard InChI is InChI=1S/C15H23N3O3/c1-10(2)18-9-11(16)8-13(18)14(19)17-7-5-4-6-12(17)15(20)21-3/h8-10,12H,4-7,16H2,1-3H3. The van der Waals surface area contributed by atoms with E-state index < -0.39 is 6.04 Å². The second-order valence-corrected chi connectivity index (χ2v) is 5.69. The number of nitrogens with zero attached hydrogens (tertiary/aromatic N) is 2. The summed E-state index contributed by atoms with van der Waals surface area (Å²) in [7, 11) is 1.36. The van der Waals surface area contributed by atoms with Gasteiger partial charge in [-0.2, -0.15) is 0 Å². The van der Waals surface area contributed by atoms with Crippen LogP contribution in [0, 0.1) is 0 Å². The van der Waals surface area contributed by atoms with Gasteiger partial charge in [-0.1, -0.05) is 0 Å². The number of likely N-dealkylation sites (tertiary alicyclic amines) is 1. The monoisotopic (exact) mass is 293 g/mol. The fourth-order valence-electron chi connectivity index (χ4n) is 2.80. The molecule has 0 aliphatic carbocycles. The van der Waals surface area contributed by atoms with Crippen LogP contribution in [0.1, 0.15) is 49.6 Å². The molecule has 0 aromatic carbocycles. The summed E-state index contributed by atoms with van der Waals surface area (Å²) in [6, 6.07) is 1.31. The molecule has 1 aromatic rings. The Morgan fingerprint density at radius 2 is 2.10 bits per heavy atom. The summed E-state index contributed by atoms with van der Waals surface area (Å²) in [4.78, 5) is 26.3. The van der Waals surface area contributed by atoms with Gasteiger partial charge in [-0.25, -0.2) is 4.79 Å². The Balaban J connectivity index is 2.31. The van der Waals surface area contributed by atoms with Gasteiger partial charge < -0.3 is 19.9 Å². The number of nitrogen functional groups attached to an aromatic ring is 1. The smallest absolute Gasteiger partial charge is 0.328 e. The number of nitrogens with two attached hydrogens (primary N) is 1. The fraction of sp³-hybridized carbons (Fsp3) is 0.600. The summed E-state index contributed by atoms with van der Waals surface area (Å²) in [5, 5.41) is 0. The van der Waals surface area contributed by atoms with Gasteiger partial charge in [0.2, 0.25) is 0 Å². The highest BCUT2D eigenvalue weighted by Crippen LogP contribution is 2.24. The van der Waals surface area contributed by atoms with Crippen LogP contribution < -0.4 is 5.73 Å². The first-order chi connectivity index (χ1) is 9.95. The number of hydrogen-bond acceptors (Lipinski definition) is 4. The molecule has 6 heteroatoms.